The predicted molar refractivity (Wildman–Crippen MR) is 67.6 cm³/mol. The number of hydrogen-bond donors (Lipinski definition) is 1. The van der Waals surface area contributed by atoms with Crippen molar-refractivity contribution < 1.29 is 4.74 Å². The van der Waals surface area contributed by atoms with Gasteiger partial charge in [-0.15, -0.1) is 0 Å². The van der Waals surface area contributed by atoms with E-state index in [4.69, 9.17) is 4.74 Å². The van der Waals surface area contributed by atoms with E-state index in [-0.39, 0.29) is 0 Å². The molecule has 0 spiro atoms. The minimum Gasteiger partial charge on any atom is -0.379 e. The first kappa shape index (κ1) is 12.8. The maximum atomic E-state index is 5.47. The molecule has 1 aliphatic rings. The molecule has 1 fully saturated rings. The molecule has 1 rings (SSSR count). The molecule has 0 radical (unpaired) electrons. The highest BCUT2D eigenvalue weighted by molar-refractivity contribution is 8.13. The number of amidine groups is 1. The van der Waals surface area contributed by atoms with Gasteiger partial charge in [0.1, 0.15) is 0 Å². The number of rotatable bonds is 5. The third-order valence-corrected chi connectivity index (χ3v) is 3.06. The van der Waals surface area contributed by atoms with Crippen LogP contribution in [0.5, 0.6) is 0 Å². The quantitative estimate of drug-likeness (QED) is 0.735. The molecule has 1 N–H and O–H groups in total. The first-order valence-corrected chi connectivity index (χ1v) is 6.68. The van der Waals surface area contributed by atoms with Crippen molar-refractivity contribution in [3.8, 4) is 0 Å². The highest BCUT2D eigenvalue weighted by Crippen LogP contribution is 2.13. The van der Waals surface area contributed by atoms with Crippen LogP contribution in [0.25, 0.3) is 0 Å². The molecule has 1 atom stereocenters. The molecule has 3 nitrogen and oxygen atoms in total. The molecule has 0 aromatic carbocycles. The Morgan fingerprint density at radius 1 is 1.60 bits per heavy atom. The van der Waals surface area contributed by atoms with Gasteiger partial charge in [0.25, 0.3) is 0 Å². The maximum Gasteiger partial charge on any atom is 0.156 e. The summed E-state index contributed by atoms with van der Waals surface area (Å²) in [5.41, 5.74) is 0. The Labute approximate surface area is 97.1 Å². The normalized spacial score (nSPS) is 24.5. The second-order valence-electron chi connectivity index (χ2n) is 4.34. The summed E-state index contributed by atoms with van der Waals surface area (Å²) in [5, 5.41) is 4.46. The molecule has 0 amide bonds. The SMILES string of the molecule is CC(C)COCCN=C1NC(C)CCS1. The van der Waals surface area contributed by atoms with E-state index in [1.807, 2.05) is 11.8 Å². The van der Waals surface area contributed by atoms with Gasteiger partial charge in [-0.05, 0) is 19.3 Å². The van der Waals surface area contributed by atoms with E-state index in [0.717, 1.165) is 24.9 Å². The van der Waals surface area contributed by atoms with Crippen LogP contribution in [0.4, 0.5) is 0 Å². The summed E-state index contributed by atoms with van der Waals surface area (Å²) < 4.78 is 5.47. The van der Waals surface area contributed by atoms with Crippen LogP contribution < -0.4 is 5.32 Å². The third-order valence-electron chi connectivity index (χ3n) is 2.10. The highest BCUT2D eigenvalue weighted by Gasteiger charge is 2.12. The Bertz CT molecular complexity index is 207. The van der Waals surface area contributed by atoms with E-state index in [1.54, 1.807) is 0 Å². The Hall–Kier alpha value is -0.220. The lowest BCUT2D eigenvalue weighted by molar-refractivity contribution is 0.117. The van der Waals surface area contributed by atoms with Crippen molar-refractivity contribution in [3.05, 3.63) is 0 Å². The smallest absolute Gasteiger partial charge is 0.156 e. The largest absolute Gasteiger partial charge is 0.379 e. The first-order valence-electron chi connectivity index (χ1n) is 5.70. The molecule has 1 saturated heterocycles. The van der Waals surface area contributed by atoms with E-state index in [0.29, 0.717) is 12.0 Å². The molecule has 0 aliphatic carbocycles. The van der Waals surface area contributed by atoms with E-state index in [1.165, 1.54) is 12.2 Å². The summed E-state index contributed by atoms with van der Waals surface area (Å²) in [6.45, 7) is 8.86. The number of aliphatic imine (C=N–C) groups is 1. The molecular weight excluding hydrogens is 208 g/mol. The minimum atomic E-state index is 0.571. The van der Waals surface area contributed by atoms with Gasteiger partial charge >= 0.3 is 0 Å². The van der Waals surface area contributed by atoms with Gasteiger partial charge in [0.05, 0.1) is 13.2 Å². The zero-order valence-corrected chi connectivity index (χ0v) is 10.8. The summed E-state index contributed by atoms with van der Waals surface area (Å²) in [4.78, 5) is 4.47. The summed E-state index contributed by atoms with van der Waals surface area (Å²) in [5.74, 6) is 1.79. The van der Waals surface area contributed by atoms with Crippen LogP contribution in [0.2, 0.25) is 0 Å². The van der Waals surface area contributed by atoms with E-state index < -0.39 is 0 Å². The average molecular weight is 230 g/mol. The lowest BCUT2D eigenvalue weighted by Crippen LogP contribution is -2.35. The van der Waals surface area contributed by atoms with Gasteiger partial charge in [-0.1, -0.05) is 25.6 Å². The Morgan fingerprint density at radius 3 is 3.07 bits per heavy atom. The molecule has 0 aromatic rings. The molecule has 1 unspecified atom stereocenters. The van der Waals surface area contributed by atoms with Crippen molar-refractivity contribution in [2.24, 2.45) is 10.9 Å². The molecule has 0 bridgehead atoms. The van der Waals surface area contributed by atoms with Gasteiger partial charge in [-0.2, -0.15) is 0 Å². The fraction of sp³-hybridized carbons (Fsp3) is 0.909. The zero-order valence-electron chi connectivity index (χ0n) is 9.95. The second-order valence-corrected chi connectivity index (χ2v) is 5.42. The number of thioether (sulfide) groups is 1. The Morgan fingerprint density at radius 2 is 2.40 bits per heavy atom. The van der Waals surface area contributed by atoms with Crippen molar-refractivity contribution in [2.75, 3.05) is 25.5 Å². The number of nitrogens with zero attached hydrogens (tertiary/aromatic N) is 1. The van der Waals surface area contributed by atoms with Crippen molar-refractivity contribution in [3.63, 3.8) is 0 Å². The topological polar surface area (TPSA) is 33.6 Å². The van der Waals surface area contributed by atoms with Crippen LogP contribution in [0.15, 0.2) is 4.99 Å². The van der Waals surface area contributed by atoms with Crippen molar-refractivity contribution >= 4 is 16.9 Å². The van der Waals surface area contributed by atoms with Crippen molar-refractivity contribution in [1.82, 2.24) is 5.32 Å². The standard InChI is InChI=1S/C11H22N2OS/c1-9(2)8-14-6-5-12-11-13-10(3)4-7-15-11/h9-10H,4-8H2,1-3H3,(H,12,13). The van der Waals surface area contributed by atoms with Crippen molar-refractivity contribution in [2.45, 2.75) is 33.2 Å². The van der Waals surface area contributed by atoms with Gasteiger partial charge in [0.2, 0.25) is 0 Å². The zero-order chi connectivity index (χ0) is 11.1. The fourth-order valence-electron chi connectivity index (χ4n) is 1.28. The van der Waals surface area contributed by atoms with Crippen LogP contribution in [-0.2, 0) is 4.74 Å². The van der Waals surface area contributed by atoms with Gasteiger partial charge < -0.3 is 10.1 Å². The highest BCUT2D eigenvalue weighted by atomic mass is 32.2. The Kier molecular flexibility index (Phi) is 6.10. The molecule has 15 heavy (non-hydrogen) atoms. The maximum absolute atomic E-state index is 5.47. The molecule has 1 aliphatic heterocycles. The monoisotopic (exact) mass is 230 g/mol. The first-order chi connectivity index (χ1) is 7.18. The summed E-state index contributed by atoms with van der Waals surface area (Å²) in [7, 11) is 0. The van der Waals surface area contributed by atoms with Gasteiger partial charge in [-0.3, -0.25) is 4.99 Å². The fourth-order valence-corrected chi connectivity index (χ4v) is 2.41. The van der Waals surface area contributed by atoms with Crippen molar-refractivity contribution in [1.29, 1.82) is 0 Å². The van der Waals surface area contributed by atoms with Gasteiger partial charge in [0, 0.05) is 18.4 Å². The van der Waals surface area contributed by atoms with Crippen LogP contribution in [0, 0.1) is 5.92 Å². The van der Waals surface area contributed by atoms with Crippen LogP contribution >= 0.6 is 11.8 Å². The van der Waals surface area contributed by atoms with E-state index >= 15 is 0 Å². The second kappa shape index (κ2) is 7.12. The predicted octanol–water partition coefficient (Wildman–Crippen LogP) is 2.13. The summed E-state index contributed by atoms with van der Waals surface area (Å²) >= 11 is 1.81. The lowest BCUT2D eigenvalue weighted by atomic mass is 10.2. The number of ether oxygens (including phenoxy) is 1. The molecule has 88 valence electrons. The van der Waals surface area contributed by atoms with Gasteiger partial charge in [0.15, 0.2) is 5.17 Å². The lowest BCUT2D eigenvalue weighted by Gasteiger charge is -2.21. The number of nitrogens with one attached hydrogen (secondary N) is 1. The molecule has 1 heterocycles. The van der Waals surface area contributed by atoms with Gasteiger partial charge in [-0.25, -0.2) is 0 Å². The van der Waals surface area contributed by atoms with Crippen LogP contribution in [0.1, 0.15) is 27.2 Å². The summed E-state index contributed by atoms with van der Waals surface area (Å²) in [6.07, 6.45) is 1.23. The molecular formula is C11H22N2OS. The third kappa shape index (κ3) is 6.05. The van der Waals surface area contributed by atoms with Crippen LogP contribution in [-0.4, -0.2) is 36.7 Å². The van der Waals surface area contributed by atoms with E-state index in [2.05, 4.69) is 31.1 Å². The Balaban J connectivity index is 2.09. The molecule has 4 heteroatoms. The minimum absolute atomic E-state index is 0.571. The van der Waals surface area contributed by atoms with E-state index in [9.17, 15) is 0 Å². The summed E-state index contributed by atoms with van der Waals surface area (Å²) in [6, 6.07) is 0.571. The molecule has 0 aromatic heterocycles. The average Bonchev–Trinajstić information content (AvgIpc) is 2.17. The van der Waals surface area contributed by atoms with Crippen LogP contribution in [0.3, 0.4) is 0 Å². The number of hydrogen-bond acceptors (Lipinski definition) is 3. The molecule has 0 saturated carbocycles.